The molecule has 2 aromatic heterocycles. The Bertz CT molecular complexity index is 2860. The SMILES string of the molecule is C1=CC(c2nc(-c3ccc4ccccc4c3)nc(-c3ccc(-c4ccc(-c5cccc6ccccc56)cc4)c4oc5ccccc5c34)n2)=CCC1. The third-order valence-corrected chi connectivity index (χ3v) is 9.96. The van der Waals surface area contributed by atoms with Crippen molar-refractivity contribution < 1.29 is 4.42 Å². The standard InChI is InChI=1S/C47H31N3O/c1-2-13-34(14-3-1)45-48-46(36-26-21-30-11-4-5-15-35(30)29-36)50-47(49-45)41-28-27-39(44-43(41)40-18-8-9-20-42(40)51-44)33-24-22-32(23-25-33)38-19-10-16-31-12-6-7-17-37(31)38/h2,4-29H,1,3H2. The summed E-state index contributed by atoms with van der Waals surface area (Å²) in [5, 5.41) is 6.84. The van der Waals surface area contributed by atoms with Gasteiger partial charge >= 0.3 is 0 Å². The third-order valence-electron chi connectivity index (χ3n) is 9.96. The summed E-state index contributed by atoms with van der Waals surface area (Å²) < 4.78 is 6.69. The Labute approximate surface area is 295 Å². The van der Waals surface area contributed by atoms with Gasteiger partial charge in [-0.3, -0.25) is 0 Å². The second-order valence-electron chi connectivity index (χ2n) is 13.1. The minimum Gasteiger partial charge on any atom is -0.455 e. The number of aromatic nitrogens is 3. The van der Waals surface area contributed by atoms with Crippen molar-refractivity contribution in [2.45, 2.75) is 12.8 Å². The van der Waals surface area contributed by atoms with Gasteiger partial charge in [0.15, 0.2) is 17.5 Å². The second-order valence-corrected chi connectivity index (χ2v) is 13.1. The van der Waals surface area contributed by atoms with Crippen LogP contribution in [0.5, 0.6) is 0 Å². The van der Waals surface area contributed by atoms with E-state index in [1.54, 1.807) is 0 Å². The Morgan fingerprint density at radius 1 is 0.451 bits per heavy atom. The summed E-state index contributed by atoms with van der Waals surface area (Å²) in [5.74, 6) is 1.94. The van der Waals surface area contributed by atoms with Gasteiger partial charge in [-0.15, -0.1) is 0 Å². The molecule has 0 fully saturated rings. The molecule has 0 spiro atoms. The van der Waals surface area contributed by atoms with Crippen molar-refractivity contribution >= 4 is 49.1 Å². The van der Waals surface area contributed by atoms with E-state index in [0.29, 0.717) is 17.5 Å². The fourth-order valence-electron chi connectivity index (χ4n) is 7.41. The van der Waals surface area contributed by atoms with Crippen LogP contribution in [-0.2, 0) is 0 Å². The van der Waals surface area contributed by atoms with Gasteiger partial charge in [-0.05, 0) is 75.3 Å². The zero-order valence-electron chi connectivity index (χ0n) is 27.8. The topological polar surface area (TPSA) is 51.8 Å². The molecule has 0 unspecified atom stereocenters. The van der Waals surface area contributed by atoms with Crippen molar-refractivity contribution in [1.29, 1.82) is 0 Å². The lowest BCUT2D eigenvalue weighted by atomic mass is 9.94. The quantitative estimate of drug-likeness (QED) is 0.185. The number of hydrogen-bond donors (Lipinski definition) is 0. The molecular formula is C47H31N3O. The molecule has 0 saturated heterocycles. The van der Waals surface area contributed by atoms with Gasteiger partial charge < -0.3 is 4.42 Å². The summed E-state index contributed by atoms with van der Waals surface area (Å²) in [6.45, 7) is 0. The van der Waals surface area contributed by atoms with Crippen LogP contribution in [0.15, 0.2) is 168 Å². The van der Waals surface area contributed by atoms with Crippen LogP contribution in [0.25, 0.3) is 94.1 Å². The average Bonchev–Trinajstić information content (AvgIpc) is 3.60. The van der Waals surface area contributed by atoms with Crippen LogP contribution in [0, 0.1) is 0 Å². The van der Waals surface area contributed by atoms with Crippen molar-refractivity contribution in [3.05, 3.63) is 170 Å². The molecule has 4 nitrogen and oxygen atoms in total. The zero-order valence-corrected chi connectivity index (χ0v) is 27.8. The molecule has 10 rings (SSSR count). The maximum absolute atomic E-state index is 6.69. The van der Waals surface area contributed by atoms with E-state index in [0.717, 1.165) is 68.0 Å². The van der Waals surface area contributed by atoms with E-state index >= 15 is 0 Å². The van der Waals surface area contributed by atoms with E-state index < -0.39 is 0 Å². The average molecular weight is 654 g/mol. The van der Waals surface area contributed by atoms with E-state index in [1.807, 2.05) is 12.1 Å². The third kappa shape index (κ3) is 5.12. The predicted octanol–water partition coefficient (Wildman–Crippen LogP) is 12.5. The van der Waals surface area contributed by atoms with Crippen molar-refractivity contribution in [3.8, 4) is 45.0 Å². The molecule has 1 aliphatic rings. The molecule has 0 amide bonds. The summed E-state index contributed by atoms with van der Waals surface area (Å²) in [6.07, 6.45) is 8.52. The molecular weight excluding hydrogens is 623 g/mol. The zero-order chi connectivity index (χ0) is 33.7. The highest BCUT2D eigenvalue weighted by Gasteiger charge is 2.21. The van der Waals surface area contributed by atoms with E-state index in [9.17, 15) is 0 Å². The maximum atomic E-state index is 6.69. The highest BCUT2D eigenvalue weighted by atomic mass is 16.3. The van der Waals surface area contributed by atoms with Gasteiger partial charge in [0, 0.05) is 33.0 Å². The Morgan fingerprint density at radius 2 is 1.12 bits per heavy atom. The Hall–Kier alpha value is -6.65. The number of furan rings is 1. The molecule has 0 bridgehead atoms. The van der Waals surface area contributed by atoms with Crippen molar-refractivity contribution in [3.63, 3.8) is 0 Å². The van der Waals surface area contributed by atoms with E-state index in [-0.39, 0.29) is 0 Å². The Balaban J connectivity index is 1.15. The summed E-state index contributed by atoms with van der Waals surface area (Å²) >= 11 is 0. The van der Waals surface area contributed by atoms with Gasteiger partial charge in [0.25, 0.3) is 0 Å². The van der Waals surface area contributed by atoms with Crippen molar-refractivity contribution in [1.82, 2.24) is 15.0 Å². The number of para-hydroxylation sites is 1. The molecule has 0 radical (unpaired) electrons. The fourth-order valence-corrected chi connectivity index (χ4v) is 7.41. The van der Waals surface area contributed by atoms with Crippen LogP contribution in [0.2, 0.25) is 0 Å². The van der Waals surface area contributed by atoms with Crippen LogP contribution >= 0.6 is 0 Å². The number of hydrogen-bond acceptors (Lipinski definition) is 4. The highest BCUT2D eigenvalue weighted by molar-refractivity contribution is 6.16. The minimum absolute atomic E-state index is 0.623. The molecule has 7 aromatic carbocycles. The van der Waals surface area contributed by atoms with Gasteiger partial charge in [-0.25, -0.2) is 15.0 Å². The number of fused-ring (bicyclic) bond motifs is 5. The van der Waals surface area contributed by atoms with E-state index in [1.165, 1.54) is 27.3 Å². The maximum Gasteiger partial charge on any atom is 0.164 e. The summed E-state index contributed by atoms with van der Waals surface area (Å²) in [4.78, 5) is 15.4. The molecule has 0 aliphatic heterocycles. The molecule has 0 N–H and O–H groups in total. The predicted molar refractivity (Wildman–Crippen MR) is 210 cm³/mol. The lowest BCUT2D eigenvalue weighted by Gasteiger charge is -2.13. The van der Waals surface area contributed by atoms with E-state index in [4.69, 9.17) is 19.4 Å². The summed E-state index contributed by atoms with van der Waals surface area (Å²) in [7, 11) is 0. The van der Waals surface area contributed by atoms with Gasteiger partial charge in [-0.2, -0.15) is 0 Å². The molecule has 240 valence electrons. The minimum atomic E-state index is 0.623. The molecule has 9 aromatic rings. The van der Waals surface area contributed by atoms with Crippen molar-refractivity contribution in [2.24, 2.45) is 0 Å². The van der Waals surface area contributed by atoms with E-state index in [2.05, 4.69) is 152 Å². The van der Waals surface area contributed by atoms with Gasteiger partial charge in [-0.1, -0.05) is 140 Å². The lowest BCUT2D eigenvalue weighted by molar-refractivity contribution is 0.670. The number of allylic oxidation sites excluding steroid dienone is 4. The fraction of sp³-hybridized carbons (Fsp3) is 0.0426. The number of rotatable bonds is 5. The second kappa shape index (κ2) is 12.0. The van der Waals surface area contributed by atoms with Gasteiger partial charge in [0.2, 0.25) is 0 Å². The monoisotopic (exact) mass is 653 g/mol. The Kier molecular flexibility index (Phi) is 6.91. The normalized spacial score (nSPS) is 13.0. The number of nitrogens with zero attached hydrogens (tertiary/aromatic N) is 3. The largest absolute Gasteiger partial charge is 0.455 e. The highest BCUT2D eigenvalue weighted by Crippen LogP contribution is 2.42. The Morgan fingerprint density at radius 3 is 1.96 bits per heavy atom. The first-order valence-electron chi connectivity index (χ1n) is 17.4. The van der Waals surface area contributed by atoms with Crippen LogP contribution in [0.3, 0.4) is 0 Å². The molecule has 51 heavy (non-hydrogen) atoms. The first-order chi connectivity index (χ1) is 25.3. The van der Waals surface area contributed by atoms with Crippen LogP contribution < -0.4 is 0 Å². The molecule has 1 aliphatic carbocycles. The molecule has 4 heteroatoms. The first-order valence-corrected chi connectivity index (χ1v) is 17.4. The lowest BCUT2D eigenvalue weighted by Crippen LogP contribution is -2.03. The van der Waals surface area contributed by atoms with Crippen molar-refractivity contribution in [2.75, 3.05) is 0 Å². The summed E-state index contributed by atoms with van der Waals surface area (Å²) in [6, 6.07) is 51.1. The number of benzene rings is 7. The van der Waals surface area contributed by atoms with Gasteiger partial charge in [0.1, 0.15) is 11.2 Å². The summed E-state index contributed by atoms with van der Waals surface area (Å²) in [5.41, 5.74) is 9.04. The molecule has 2 heterocycles. The molecule has 0 atom stereocenters. The van der Waals surface area contributed by atoms with Crippen LogP contribution in [0.4, 0.5) is 0 Å². The van der Waals surface area contributed by atoms with Crippen LogP contribution in [0.1, 0.15) is 18.7 Å². The molecule has 0 saturated carbocycles. The van der Waals surface area contributed by atoms with Gasteiger partial charge in [0.05, 0.1) is 0 Å². The van der Waals surface area contributed by atoms with Crippen LogP contribution in [-0.4, -0.2) is 15.0 Å². The first kappa shape index (κ1) is 29.3. The smallest absolute Gasteiger partial charge is 0.164 e.